The first kappa shape index (κ1) is 26.1. The number of hydrogen-bond donors (Lipinski definition) is 0. The highest BCUT2D eigenvalue weighted by Crippen LogP contribution is 2.50. The SMILES string of the molecule is CCCCCCc1cc(Br)sc1-c1cc(-c2sc(Br)cc2CCCCCC)c2cccccc1-2. The average molecular weight is 619 g/mol. The van der Waals surface area contributed by atoms with Crippen LogP contribution in [0.5, 0.6) is 0 Å². The fourth-order valence-corrected chi connectivity index (χ4v) is 8.25. The molecule has 2 aromatic rings. The molecule has 34 heavy (non-hydrogen) atoms. The Kier molecular flexibility index (Phi) is 9.88. The topological polar surface area (TPSA) is 0 Å². The fraction of sp³-hybridized carbons (Fsp3) is 0.400. The summed E-state index contributed by atoms with van der Waals surface area (Å²) in [7, 11) is 0. The predicted octanol–water partition coefficient (Wildman–Crippen LogP) is 12.0. The van der Waals surface area contributed by atoms with Gasteiger partial charge in [0.1, 0.15) is 0 Å². The number of hydrogen-bond acceptors (Lipinski definition) is 2. The van der Waals surface area contributed by atoms with Gasteiger partial charge in [-0.2, -0.15) is 0 Å². The van der Waals surface area contributed by atoms with Gasteiger partial charge >= 0.3 is 0 Å². The molecule has 0 saturated carbocycles. The lowest BCUT2D eigenvalue weighted by Gasteiger charge is -2.05. The van der Waals surface area contributed by atoms with Gasteiger partial charge in [0.25, 0.3) is 0 Å². The molecule has 4 rings (SSSR count). The van der Waals surface area contributed by atoms with Gasteiger partial charge in [0.05, 0.1) is 7.57 Å². The van der Waals surface area contributed by atoms with Gasteiger partial charge < -0.3 is 0 Å². The Labute approximate surface area is 230 Å². The molecule has 0 bridgehead atoms. The van der Waals surface area contributed by atoms with Crippen molar-refractivity contribution in [1.29, 1.82) is 0 Å². The third-order valence-electron chi connectivity index (χ3n) is 6.55. The lowest BCUT2D eigenvalue weighted by molar-refractivity contribution is 0.668. The minimum atomic E-state index is 1.16. The van der Waals surface area contributed by atoms with E-state index in [0.29, 0.717) is 0 Å². The molecule has 4 heteroatoms. The Morgan fingerprint density at radius 1 is 0.559 bits per heavy atom. The normalized spacial score (nSPS) is 11.5. The van der Waals surface area contributed by atoms with Gasteiger partial charge in [-0.15, -0.1) is 22.7 Å². The third-order valence-corrected chi connectivity index (χ3v) is 9.98. The number of rotatable bonds is 12. The Hall–Kier alpha value is -0.940. The van der Waals surface area contributed by atoms with E-state index in [1.807, 2.05) is 22.7 Å². The van der Waals surface area contributed by atoms with Crippen LogP contribution < -0.4 is 0 Å². The van der Waals surface area contributed by atoms with Gasteiger partial charge in [0.2, 0.25) is 0 Å². The number of aryl methyl sites for hydroxylation is 2. The molecule has 0 radical (unpaired) electrons. The first-order valence-electron chi connectivity index (χ1n) is 12.7. The molecule has 2 aromatic heterocycles. The number of fused-ring (bicyclic) bond motifs is 1. The molecule has 0 N–H and O–H groups in total. The van der Waals surface area contributed by atoms with Crippen molar-refractivity contribution >= 4 is 54.5 Å². The van der Waals surface area contributed by atoms with Crippen molar-refractivity contribution in [2.24, 2.45) is 0 Å². The molecular formula is C30H34Br2S2. The molecule has 0 saturated heterocycles. The van der Waals surface area contributed by atoms with Crippen LogP contribution >= 0.6 is 54.5 Å². The van der Waals surface area contributed by atoms with Crippen molar-refractivity contribution in [2.45, 2.75) is 78.1 Å². The van der Waals surface area contributed by atoms with Crippen LogP contribution in [0, 0.1) is 0 Å². The van der Waals surface area contributed by atoms with Crippen molar-refractivity contribution in [2.75, 3.05) is 0 Å². The molecule has 0 spiro atoms. The van der Waals surface area contributed by atoms with Gasteiger partial charge in [0.15, 0.2) is 0 Å². The lowest BCUT2D eigenvalue weighted by atomic mass is 10.0. The van der Waals surface area contributed by atoms with Gasteiger partial charge in [-0.3, -0.25) is 0 Å². The van der Waals surface area contributed by atoms with Crippen LogP contribution in [0.4, 0.5) is 0 Å². The molecule has 0 atom stereocenters. The van der Waals surface area contributed by atoms with E-state index in [0.717, 1.165) is 12.8 Å². The molecule has 0 nitrogen and oxygen atoms in total. The maximum atomic E-state index is 3.80. The Morgan fingerprint density at radius 3 is 1.47 bits per heavy atom. The standard InChI is InChI=1S/C30H34Br2S2/c1-3-5-7-10-14-21-18-27(31)33-29(21)25-20-26(24-17-13-9-12-16-23(24)25)30-22(19-28(32)34-30)15-11-8-6-4-2/h9,12-13,16-20H,3-8,10-11,14-15H2,1-2H3. The second-order valence-corrected chi connectivity index (χ2v) is 14.0. The van der Waals surface area contributed by atoms with E-state index in [4.69, 9.17) is 0 Å². The smallest absolute Gasteiger partial charge is 0.0707 e. The zero-order valence-electron chi connectivity index (χ0n) is 20.3. The minimum Gasteiger partial charge on any atom is -0.128 e. The molecule has 2 heterocycles. The zero-order valence-corrected chi connectivity index (χ0v) is 25.1. The summed E-state index contributed by atoms with van der Waals surface area (Å²) >= 11 is 11.4. The predicted molar refractivity (Wildman–Crippen MR) is 161 cm³/mol. The monoisotopic (exact) mass is 616 g/mol. The quantitative estimate of drug-likeness (QED) is 0.139. The minimum absolute atomic E-state index is 1.16. The second-order valence-electron chi connectivity index (χ2n) is 9.14. The summed E-state index contributed by atoms with van der Waals surface area (Å²) in [5, 5.41) is 0. The summed E-state index contributed by atoms with van der Waals surface area (Å²) in [4.78, 5) is 2.87. The summed E-state index contributed by atoms with van der Waals surface area (Å²) in [5.41, 5.74) is 8.50. The highest BCUT2D eigenvalue weighted by Gasteiger charge is 2.23. The van der Waals surface area contributed by atoms with E-state index >= 15 is 0 Å². The van der Waals surface area contributed by atoms with Crippen molar-refractivity contribution in [3.05, 3.63) is 67.2 Å². The van der Waals surface area contributed by atoms with Gasteiger partial charge in [0, 0.05) is 20.9 Å². The molecule has 0 amide bonds. The lowest BCUT2D eigenvalue weighted by Crippen LogP contribution is -1.86. The highest BCUT2D eigenvalue weighted by atomic mass is 79.9. The van der Waals surface area contributed by atoms with Crippen LogP contribution in [-0.2, 0) is 12.8 Å². The summed E-state index contributed by atoms with van der Waals surface area (Å²) in [6, 6.07) is 18.3. The number of unbranched alkanes of at least 4 members (excludes halogenated alkanes) is 6. The first-order chi connectivity index (χ1) is 16.6. The molecule has 2 aliphatic rings. The van der Waals surface area contributed by atoms with Crippen LogP contribution in [0.2, 0.25) is 0 Å². The fourth-order valence-electron chi connectivity index (χ4n) is 4.79. The Morgan fingerprint density at radius 2 is 1.03 bits per heavy atom. The van der Waals surface area contributed by atoms with E-state index < -0.39 is 0 Å². The van der Waals surface area contributed by atoms with E-state index in [-0.39, 0.29) is 0 Å². The summed E-state index contributed by atoms with van der Waals surface area (Å²) < 4.78 is 2.47. The Bertz CT molecular complexity index is 1080. The molecular weight excluding hydrogens is 584 g/mol. The van der Waals surface area contributed by atoms with Crippen molar-refractivity contribution in [1.82, 2.24) is 0 Å². The van der Waals surface area contributed by atoms with E-state index in [1.165, 1.54) is 102 Å². The number of halogens is 2. The van der Waals surface area contributed by atoms with Crippen LogP contribution in [0.15, 0.2) is 56.1 Å². The average Bonchev–Trinajstić information content (AvgIpc) is 3.42. The van der Waals surface area contributed by atoms with Crippen LogP contribution in [0.1, 0.15) is 76.3 Å². The number of thiophene rings is 2. The van der Waals surface area contributed by atoms with E-state index in [2.05, 4.69) is 94.2 Å². The van der Waals surface area contributed by atoms with E-state index in [1.54, 1.807) is 0 Å². The summed E-state index contributed by atoms with van der Waals surface area (Å²) in [6.07, 6.45) is 12.7. The first-order valence-corrected chi connectivity index (χ1v) is 15.9. The second kappa shape index (κ2) is 12.9. The molecule has 0 unspecified atom stereocenters. The van der Waals surface area contributed by atoms with Gasteiger partial charge in [-0.1, -0.05) is 82.7 Å². The van der Waals surface area contributed by atoms with E-state index in [9.17, 15) is 0 Å². The van der Waals surface area contributed by atoms with Crippen LogP contribution in [0.25, 0.3) is 32.0 Å². The molecule has 0 fully saturated rings. The Balaban J connectivity index is 1.75. The molecule has 2 aliphatic carbocycles. The van der Waals surface area contributed by atoms with Crippen molar-refractivity contribution in [3.63, 3.8) is 0 Å². The molecule has 0 aliphatic heterocycles. The zero-order chi connectivity index (χ0) is 23.9. The van der Waals surface area contributed by atoms with Crippen LogP contribution in [0.3, 0.4) is 0 Å². The van der Waals surface area contributed by atoms with Crippen molar-refractivity contribution < 1.29 is 0 Å². The van der Waals surface area contributed by atoms with Gasteiger partial charge in [-0.25, -0.2) is 0 Å². The molecule has 0 aromatic carbocycles. The highest BCUT2D eigenvalue weighted by molar-refractivity contribution is 9.11. The summed E-state index contributed by atoms with van der Waals surface area (Å²) in [6.45, 7) is 4.57. The maximum absolute atomic E-state index is 3.80. The van der Waals surface area contributed by atoms with Crippen LogP contribution in [-0.4, -0.2) is 0 Å². The molecule has 180 valence electrons. The van der Waals surface area contributed by atoms with Crippen molar-refractivity contribution in [3.8, 4) is 32.0 Å². The third kappa shape index (κ3) is 6.24. The van der Waals surface area contributed by atoms with Gasteiger partial charge in [-0.05, 0) is 98.0 Å². The summed E-state index contributed by atoms with van der Waals surface area (Å²) in [5.74, 6) is 0. The largest absolute Gasteiger partial charge is 0.128 e. The maximum Gasteiger partial charge on any atom is 0.0707 e.